The number of hydroxylamine groups is 2. The fourth-order valence-electron chi connectivity index (χ4n) is 8.19. The summed E-state index contributed by atoms with van der Waals surface area (Å²) in [5.41, 5.74) is -1.08. The minimum absolute atomic E-state index is 0.0199. The zero-order valence-corrected chi connectivity index (χ0v) is 33.4. The second-order valence-electron chi connectivity index (χ2n) is 16.5. The molecule has 318 valence electrons. The summed E-state index contributed by atoms with van der Waals surface area (Å²) in [5, 5.41) is 14.7. The quantitative estimate of drug-likeness (QED) is 0.0745. The van der Waals surface area contributed by atoms with E-state index in [0.717, 1.165) is 44.6 Å². The van der Waals surface area contributed by atoms with Gasteiger partial charge in [-0.1, -0.05) is 63.8 Å². The number of unbranched alkanes of at least 4 members (excludes halogenated alkanes) is 4. The molecule has 13 nitrogen and oxygen atoms in total. The van der Waals surface area contributed by atoms with Crippen molar-refractivity contribution in [1.82, 2.24) is 10.4 Å². The summed E-state index contributed by atoms with van der Waals surface area (Å²) in [5.74, 6) is -3.80. The minimum atomic E-state index is -4.64. The molecular formula is C41H57F3N2O11. The summed E-state index contributed by atoms with van der Waals surface area (Å²) in [7, 11) is 0. The number of nitrogens with zero attached hydrogens (tertiary/aromatic N) is 1. The van der Waals surface area contributed by atoms with Gasteiger partial charge in [-0.05, 0) is 57.2 Å². The number of aliphatic hydroxyl groups excluding tert-OH is 1. The smallest absolute Gasteiger partial charge is 0.422 e. The van der Waals surface area contributed by atoms with Crippen LogP contribution in [0.25, 0.3) is 6.08 Å². The van der Waals surface area contributed by atoms with Gasteiger partial charge in [0.05, 0.1) is 19.2 Å². The van der Waals surface area contributed by atoms with Crippen molar-refractivity contribution in [3.63, 3.8) is 0 Å². The Kier molecular flexibility index (Phi) is 14.5. The second-order valence-corrected chi connectivity index (χ2v) is 16.5. The van der Waals surface area contributed by atoms with Gasteiger partial charge in [0.15, 0.2) is 18.4 Å². The molecule has 5 rings (SSSR count). The first-order chi connectivity index (χ1) is 26.9. The van der Waals surface area contributed by atoms with Crippen molar-refractivity contribution < 1.29 is 66.0 Å². The standard InChI is InChI=1S/C41H57F3N2O11/c1-6-8-10-20-39(21-11-9-7-2)55-32-29-22-40(37(51)45-28(24-47)17-19-31(49)54-38(3,4)5)34(36(50)53-29)46(57-35(40)33(32)56-39)23-27-14-12-26(13-15-27)16-18-30(48)52-25-41(42,43)44/h12-16,18,28-29,32-35,47H,6-11,17,19-25H2,1-5H3,(H,45,51)/t28-,29+,32-,33-,34+,35+,40+/m0/s1. The minimum Gasteiger partial charge on any atom is -0.460 e. The van der Waals surface area contributed by atoms with Crippen LogP contribution in [0.4, 0.5) is 13.2 Å². The van der Waals surface area contributed by atoms with Crippen molar-refractivity contribution in [3.05, 3.63) is 41.5 Å². The van der Waals surface area contributed by atoms with Gasteiger partial charge in [0.1, 0.15) is 35.4 Å². The number of hydrogen-bond acceptors (Lipinski definition) is 12. The van der Waals surface area contributed by atoms with E-state index in [4.69, 9.17) is 23.8 Å². The van der Waals surface area contributed by atoms with Crippen molar-refractivity contribution in [2.75, 3.05) is 13.2 Å². The van der Waals surface area contributed by atoms with Gasteiger partial charge < -0.3 is 34.1 Å². The van der Waals surface area contributed by atoms with Crippen LogP contribution in [-0.2, 0) is 54.2 Å². The first kappa shape index (κ1) is 44.5. The maximum Gasteiger partial charge on any atom is 0.422 e. The Morgan fingerprint density at radius 1 is 1.02 bits per heavy atom. The molecule has 1 aromatic carbocycles. The van der Waals surface area contributed by atoms with Gasteiger partial charge in [0, 0.05) is 31.8 Å². The van der Waals surface area contributed by atoms with Crippen LogP contribution in [0, 0.1) is 5.41 Å². The van der Waals surface area contributed by atoms with Crippen LogP contribution in [0.5, 0.6) is 0 Å². The summed E-state index contributed by atoms with van der Waals surface area (Å²) >= 11 is 0. The molecule has 4 aliphatic rings. The van der Waals surface area contributed by atoms with Crippen molar-refractivity contribution in [2.24, 2.45) is 5.41 Å². The van der Waals surface area contributed by atoms with E-state index in [2.05, 4.69) is 23.9 Å². The molecule has 0 radical (unpaired) electrons. The maximum absolute atomic E-state index is 14.8. The number of nitrogens with one attached hydrogen (secondary N) is 1. The molecule has 2 N–H and O–H groups in total. The Labute approximate surface area is 331 Å². The monoisotopic (exact) mass is 810 g/mol. The molecule has 1 aromatic rings. The van der Waals surface area contributed by atoms with Crippen LogP contribution in [-0.4, -0.2) is 101 Å². The molecule has 0 aromatic heterocycles. The molecule has 1 aliphatic carbocycles. The highest BCUT2D eigenvalue weighted by atomic mass is 19.4. The zero-order chi connectivity index (χ0) is 41.6. The van der Waals surface area contributed by atoms with E-state index in [9.17, 15) is 37.5 Å². The van der Waals surface area contributed by atoms with Crippen molar-refractivity contribution in [2.45, 2.75) is 166 Å². The Morgan fingerprint density at radius 3 is 2.26 bits per heavy atom. The number of amides is 1. The van der Waals surface area contributed by atoms with Crippen LogP contribution >= 0.6 is 0 Å². The molecule has 1 amide bonds. The van der Waals surface area contributed by atoms with Crippen molar-refractivity contribution in [1.29, 1.82) is 0 Å². The maximum atomic E-state index is 14.8. The average molecular weight is 811 g/mol. The Balaban J connectivity index is 1.42. The Hall–Kier alpha value is -3.57. The van der Waals surface area contributed by atoms with E-state index >= 15 is 0 Å². The lowest BCUT2D eigenvalue weighted by Crippen LogP contribution is -2.70. The average Bonchev–Trinajstić information content (AvgIpc) is 3.69. The van der Waals surface area contributed by atoms with Crippen LogP contribution in [0.3, 0.4) is 0 Å². The first-order valence-corrected chi connectivity index (χ1v) is 20.1. The fraction of sp³-hybridized carbons (Fsp3) is 0.707. The van der Waals surface area contributed by atoms with Gasteiger partial charge in [0.25, 0.3) is 0 Å². The predicted molar refractivity (Wildman–Crippen MR) is 198 cm³/mol. The third-order valence-corrected chi connectivity index (χ3v) is 10.8. The molecule has 16 heteroatoms. The van der Waals surface area contributed by atoms with Crippen molar-refractivity contribution >= 4 is 29.9 Å². The van der Waals surface area contributed by atoms with Gasteiger partial charge in [-0.3, -0.25) is 19.2 Å². The molecule has 3 saturated heterocycles. The molecule has 0 spiro atoms. The molecule has 3 aliphatic heterocycles. The van der Waals surface area contributed by atoms with Gasteiger partial charge in [-0.25, -0.2) is 4.79 Å². The fourth-order valence-corrected chi connectivity index (χ4v) is 8.19. The molecule has 4 fully saturated rings. The largest absolute Gasteiger partial charge is 0.460 e. The summed E-state index contributed by atoms with van der Waals surface area (Å²) in [6.45, 7) is 7.33. The molecular weight excluding hydrogens is 753 g/mol. The third kappa shape index (κ3) is 10.9. The van der Waals surface area contributed by atoms with Gasteiger partial charge in [-0.2, -0.15) is 18.2 Å². The molecule has 7 atom stereocenters. The third-order valence-electron chi connectivity index (χ3n) is 10.8. The summed E-state index contributed by atoms with van der Waals surface area (Å²) in [6.07, 6.45) is 1.28. The molecule has 3 heterocycles. The predicted octanol–water partition coefficient (Wildman–Crippen LogP) is 5.85. The van der Waals surface area contributed by atoms with E-state index in [0.29, 0.717) is 24.0 Å². The van der Waals surface area contributed by atoms with E-state index < -0.39 is 96.5 Å². The number of benzene rings is 1. The number of fused-ring (bicyclic) bond motifs is 4. The molecule has 57 heavy (non-hydrogen) atoms. The van der Waals surface area contributed by atoms with Gasteiger partial charge in [-0.15, -0.1) is 0 Å². The number of carbonyl (C=O) groups excluding carboxylic acids is 4. The second kappa shape index (κ2) is 18.6. The topological polar surface area (TPSA) is 159 Å². The van der Waals surface area contributed by atoms with Crippen LogP contribution in [0.2, 0.25) is 0 Å². The SMILES string of the molecule is CCCCCC1(CCCCC)O[C@@H]2[C@H](O1)[C@H]1ON(Cc3ccc(C=CC(=O)OCC(F)(F)F)cc3)[C@@H]3C(=O)O[C@@H]2C[C@]13C(=O)N[C@H](CO)CCC(=O)OC(C)(C)C. The van der Waals surface area contributed by atoms with E-state index in [-0.39, 0.29) is 25.8 Å². The summed E-state index contributed by atoms with van der Waals surface area (Å²) in [4.78, 5) is 59.8. The summed E-state index contributed by atoms with van der Waals surface area (Å²) < 4.78 is 66.7. The number of rotatable bonds is 19. The molecule has 2 bridgehead atoms. The number of halogens is 3. The van der Waals surface area contributed by atoms with Crippen molar-refractivity contribution in [3.8, 4) is 0 Å². The first-order valence-electron chi connectivity index (χ1n) is 20.1. The highest BCUT2D eigenvalue weighted by molar-refractivity contribution is 5.94. The number of aliphatic hydroxyl groups is 1. The van der Waals surface area contributed by atoms with Gasteiger partial charge in [0.2, 0.25) is 5.91 Å². The Bertz CT molecular complexity index is 1590. The number of hydrogen-bond donors (Lipinski definition) is 2. The number of alkyl halides is 3. The zero-order valence-electron chi connectivity index (χ0n) is 33.4. The van der Waals surface area contributed by atoms with Crippen LogP contribution in [0.1, 0.15) is 116 Å². The van der Waals surface area contributed by atoms with E-state index in [1.807, 2.05) is 0 Å². The van der Waals surface area contributed by atoms with Crippen LogP contribution in [0.15, 0.2) is 30.3 Å². The lowest BCUT2D eigenvalue weighted by Gasteiger charge is -2.49. The lowest BCUT2D eigenvalue weighted by atomic mass is 9.62. The highest BCUT2D eigenvalue weighted by Crippen LogP contribution is 2.58. The van der Waals surface area contributed by atoms with Crippen LogP contribution < -0.4 is 5.32 Å². The normalized spacial score (nSPS) is 27.2. The number of esters is 3. The molecule has 1 saturated carbocycles. The lowest BCUT2D eigenvalue weighted by molar-refractivity contribution is -0.224. The van der Waals surface area contributed by atoms with Gasteiger partial charge >= 0.3 is 24.1 Å². The van der Waals surface area contributed by atoms with E-state index in [1.54, 1.807) is 45.0 Å². The Morgan fingerprint density at radius 2 is 1.67 bits per heavy atom. The number of carbonyl (C=O) groups is 4. The van der Waals surface area contributed by atoms with E-state index in [1.165, 1.54) is 11.1 Å². The summed E-state index contributed by atoms with van der Waals surface area (Å²) in [6, 6.07) is 4.59. The number of ether oxygens (including phenoxy) is 5. The molecule has 0 unspecified atom stereocenters. The highest BCUT2D eigenvalue weighted by Gasteiger charge is 2.76.